The molecule has 1 rings (SSSR count). The Morgan fingerprint density at radius 3 is 2.36 bits per heavy atom. The first-order valence-electron chi connectivity index (χ1n) is 4.94. The zero-order chi connectivity index (χ0) is 10.6. The van der Waals surface area contributed by atoms with Crippen LogP contribution < -0.4 is 0 Å². The van der Waals surface area contributed by atoms with E-state index in [2.05, 4.69) is 0 Å². The third kappa shape index (κ3) is 2.59. The van der Waals surface area contributed by atoms with Crippen LogP contribution in [0.2, 0.25) is 0 Å². The van der Waals surface area contributed by atoms with Gasteiger partial charge in [-0.15, -0.1) is 11.6 Å². The van der Waals surface area contributed by atoms with Crippen LogP contribution in [0.15, 0.2) is 0 Å². The Labute approximate surface area is 91.0 Å². The lowest BCUT2D eigenvalue weighted by atomic mass is 10.4. The second-order valence-corrected chi connectivity index (χ2v) is 5.60. The summed E-state index contributed by atoms with van der Waals surface area (Å²) in [6.07, 6.45) is 1.94. The van der Waals surface area contributed by atoms with Gasteiger partial charge in [-0.05, 0) is 12.8 Å². The summed E-state index contributed by atoms with van der Waals surface area (Å²) in [4.78, 5) is 0. The van der Waals surface area contributed by atoms with Gasteiger partial charge in [-0.1, -0.05) is 6.92 Å². The molecule has 0 aromatic carbocycles. The smallest absolute Gasteiger partial charge is 0.195 e. The fourth-order valence-electron chi connectivity index (χ4n) is 1.61. The quantitative estimate of drug-likeness (QED) is 0.670. The Morgan fingerprint density at radius 2 is 1.93 bits per heavy atom. The predicted molar refractivity (Wildman–Crippen MR) is 57.7 cm³/mol. The van der Waals surface area contributed by atoms with Crippen molar-refractivity contribution in [3.8, 4) is 0 Å². The molecule has 0 bridgehead atoms. The molecular weight excluding hydrogens is 224 g/mol. The minimum absolute atomic E-state index is 0.348. The highest BCUT2D eigenvalue weighted by Gasteiger charge is 2.29. The van der Waals surface area contributed by atoms with Crippen molar-refractivity contribution >= 4 is 21.8 Å². The Balaban J connectivity index is 2.70. The van der Waals surface area contributed by atoms with Gasteiger partial charge >= 0.3 is 0 Å². The number of hydrogen-bond donors (Lipinski definition) is 0. The lowest BCUT2D eigenvalue weighted by molar-refractivity contribution is 0.380. The maximum Gasteiger partial charge on any atom is 0.282 e. The van der Waals surface area contributed by atoms with Crippen molar-refractivity contribution in [3.05, 3.63) is 0 Å². The van der Waals surface area contributed by atoms with Gasteiger partial charge in [0.1, 0.15) is 0 Å². The highest BCUT2D eigenvalue weighted by molar-refractivity contribution is 7.86. The zero-order valence-electron chi connectivity index (χ0n) is 8.45. The summed E-state index contributed by atoms with van der Waals surface area (Å²) in [5.74, 6) is 0.348. The molecule has 1 aliphatic heterocycles. The van der Waals surface area contributed by atoms with Gasteiger partial charge in [-0.2, -0.15) is 17.0 Å². The second kappa shape index (κ2) is 5.30. The zero-order valence-corrected chi connectivity index (χ0v) is 10.0. The SMILES string of the molecule is CCN(CCCl)S(=O)(=O)N1CCCC1. The van der Waals surface area contributed by atoms with E-state index in [1.54, 1.807) is 4.31 Å². The number of hydrogen-bond acceptors (Lipinski definition) is 2. The van der Waals surface area contributed by atoms with Gasteiger partial charge in [-0.3, -0.25) is 0 Å². The molecule has 1 fully saturated rings. The maximum absolute atomic E-state index is 11.9. The summed E-state index contributed by atoms with van der Waals surface area (Å²) in [5, 5.41) is 0. The molecule has 1 saturated heterocycles. The second-order valence-electron chi connectivity index (χ2n) is 3.29. The molecule has 0 atom stereocenters. The van der Waals surface area contributed by atoms with Gasteiger partial charge in [0.15, 0.2) is 0 Å². The molecule has 1 aliphatic rings. The first-order chi connectivity index (χ1) is 6.62. The van der Waals surface area contributed by atoms with Gasteiger partial charge in [0.2, 0.25) is 0 Å². The fourth-order valence-corrected chi connectivity index (χ4v) is 3.61. The monoisotopic (exact) mass is 240 g/mol. The molecule has 0 aliphatic carbocycles. The molecule has 14 heavy (non-hydrogen) atoms. The van der Waals surface area contributed by atoms with Gasteiger partial charge in [0.05, 0.1) is 0 Å². The minimum Gasteiger partial charge on any atom is -0.195 e. The predicted octanol–water partition coefficient (Wildman–Crippen LogP) is 0.888. The largest absolute Gasteiger partial charge is 0.282 e. The van der Waals surface area contributed by atoms with E-state index in [0.717, 1.165) is 12.8 Å². The molecule has 0 unspecified atom stereocenters. The molecule has 84 valence electrons. The molecule has 0 aromatic heterocycles. The number of halogens is 1. The third-order valence-electron chi connectivity index (χ3n) is 2.40. The third-order valence-corrected chi connectivity index (χ3v) is 4.68. The summed E-state index contributed by atoms with van der Waals surface area (Å²) in [5.41, 5.74) is 0. The Morgan fingerprint density at radius 1 is 1.36 bits per heavy atom. The molecule has 0 radical (unpaired) electrons. The van der Waals surface area contributed by atoms with E-state index in [9.17, 15) is 8.42 Å². The lowest BCUT2D eigenvalue weighted by Gasteiger charge is -2.25. The molecule has 4 nitrogen and oxygen atoms in total. The summed E-state index contributed by atoms with van der Waals surface area (Å²) in [7, 11) is -3.23. The maximum atomic E-state index is 11.9. The van der Waals surface area contributed by atoms with Crippen molar-refractivity contribution in [2.45, 2.75) is 19.8 Å². The molecule has 1 heterocycles. The van der Waals surface area contributed by atoms with E-state index in [1.807, 2.05) is 6.92 Å². The standard InChI is InChI=1S/C8H17ClN2O2S/c1-2-10(8-5-9)14(12,13)11-6-3-4-7-11/h2-8H2,1H3. The average Bonchev–Trinajstić information content (AvgIpc) is 2.66. The normalized spacial score (nSPS) is 19.4. The van der Waals surface area contributed by atoms with Crippen molar-refractivity contribution in [1.82, 2.24) is 8.61 Å². The van der Waals surface area contributed by atoms with Crippen LogP contribution >= 0.6 is 11.6 Å². The van der Waals surface area contributed by atoms with Crippen molar-refractivity contribution < 1.29 is 8.42 Å². The summed E-state index contributed by atoms with van der Waals surface area (Å²) < 4.78 is 26.9. The molecule has 0 aromatic rings. The Hall–Kier alpha value is 0.160. The first kappa shape index (κ1) is 12.2. The van der Waals surface area contributed by atoms with Crippen LogP contribution in [0.1, 0.15) is 19.8 Å². The van der Waals surface area contributed by atoms with Crippen molar-refractivity contribution in [1.29, 1.82) is 0 Å². The van der Waals surface area contributed by atoms with Gasteiger partial charge in [0, 0.05) is 32.1 Å². The average molecular weight is 241 g/mol. The molecule has 0 N–H and O–H groups in total. The number of nitrogens with zero attached hydrogens (tertiary/aromatic N) is 2. The van der Waals surface area contributed by atoms with Crippen LogP contribution in [0, 0.1) is 0 Å². The highest BCUT2D eigenvalue weighted by atomic mass is 35.5. The van der Waals surface area contributed by atoms with Crippen LogP contribution in [0.5, 0.6) is 0 Å². The van der Waals surface area contributed by atoms with E-state index in [4.69, 9.17) is 11.6 Å². The minimum atomic E-state index is -3.23. The van der Waals surface area contributed by atoms with Crippen LogP contribution in [-0.2, 0) is 10.2 Å². The Kier molecular flexibility index (Phi) is 4.63. The highest BCUT2D eigenvalue weighted by Crippen LogP contribution is 2.16. The van der Waals surface area contributed by atoms with E-state index in [0.29, 0.717) is 32.1 Å². The molecular formula is C8H17ClN2O2S. The van der Waals surface area contributed by atoms with E-state index in [1.165, 1.54) is 4.31 Å². The number of alkyl halides is 1. The topological polar surface area (TPSA) is 40.6 Å². The summed E-state index contributed by atoms with van der Waals surface area (Å²) in [6.45, 7) is 4.03. The van der Waals surface area contributed by atoms with Crippen LogP contribution in [0.3, 0.4) is 0 Å². The molecule has 0 saturated carbocycles. The fraction of sp³-hybridized carbons (Fsp3) is 1.00. The first-order valence-corrected chi connectivity index (χ1v) is 6.87. The summed E-state index contributed by atoms with van der Waals surface area (Å²) >= 11 is 5.56. The molecule has 0 amide bonds. The lowest BCUT2D eigenvalue weighted by Crippen LogP contribution is -2.43. The summed E-state index contributed by atoms with van der Waals surface area (Å²) in [6, 6.07) is 0. The van der Waals surface area contributed by atoms with E-state index < -0.39 is 10.2 Å². The van der Waals surface area contributed by atoms with Gasteiger partial charge in [0.25, 0.3) is 10.2 Å². The van der Waals surface area contributed by atoms with E-state index >= 15 is 0 Å². The van der Waals surface area contributed by atoms with Crippen molar-refractivity contribution in [3.63, 3.8) is 0 Å². The van der Waals surface area contributed by atoms with Crippen LogP contribution in [-0.4, -0.2) is 49.1 Å². The van der Waals surface area contributed by atoms with Crippen LogP contribution in [0.25, 0.3) is 0 Å². The van der Waals surface area contributed by atoms with Crippen molar-refractivity contribution in [2.75, 3.05) is 32.1 Å². The van der Waals surface area contributed by atoms with E-state index in [-0.39, 0.29) is 0 Å². The van der Waals surface area contributed by atoms with Gasteiger partial charge < -0.3 is 0 Å². The van der Waals surface area contributed by atoms with Gasteiger partial charge in [-0.25, -0.2) is 0 Å². The van der Waals surface area contributed by atoms with Crippen LogP contribution in [0.4, 0.5) is 0 Å². The molecule has 6 heteroatoms. The van der Waals surface area contributed by atoms with Crippen molar-refractivity contribution in [2.24, 2.45) is 0 Å². The Bertz CT molecular complexity index is 263. The molecule has 0 spiro atoms. The number of rotatable bonds is 5.